The van der Waals surface area contributed by atoms with Gasteiger partial charge < -0.3 is 9.47 Å². The van der Waals surface area contributed by atoms with E-state index in [1.165, 1.54) is 17.8 Å². The van der Waals surface area contributed by atoms with Gasteiger partial charge in [-0.2, -0.15) is 0 Å². The van der Waals surface area contributed by atoms with Crippen LogP contribution < -0.4 is 9.47 Å². The maximum absolute atomic E-state index is 14.7. The van der Waals surface area contributed by atoms with E-state index in [0.29, 0.717) is 33.9 Å². The molecule has 0 fully saturated rings. The normalized spacial score (nSPS) is 11.1. The van der Waals surface area contributed by atoms with Crippen LogP contribution in [-0.2, 0) is 12.4 Å². The van der Waals surface area contributed by atoms with E-state index in [0.717, 1.165) is 11.4 Å². The molecule has 0 atom stereocenters. The summed E-state index contributed by atoms with van der Waals surface area (Å²) in [6.07, 6.45) is 5.50. The molecule has 0 N–H and O–H groups in total. The summed E-state index contributed by atoms with van der Waals surface area (Å²) in [6, 6.07) is 15.6. The summed E-state index contributed by atoms with van der Waals surface area (Å²) in [4.78, 5) is 8.75. The van der Waals surface area contributed by atoms with Crippen LogP contribution in [0.1, 0.15) is 11.5 Å². The van der Waals surface area contributed by atoms with Gasteiger partial charge in [-0.25, -0.2) is 14.4 Å². The maximum atomic E-state index is 14.7. The average molecular weight is 463 g/mol. The van der Waals surface area contributed by atoms with Crippen molar-refractivity contribution in [2.24, 2.45) is 0 Å². The van der Waals surface area contributed by atoms with E-state index in [-0.39, 0.29) is 12.4 Å². The molecule has 8 nitrogen and oxygen atoms in total. The Hall–Kier alpha value is -3.92. The fourth-order valence-corrected chi connectivity index (χ4v) is 4.12. The van der Waals surface area contributed by atoms with E-state index >= 15 is 0 Å². The number of hydrogen-bond donors (Lipinski definition) is 0. The summed E-state index contributed by atoms with van der Waals surface area (Å²) in [5.74, 6) is 2.63. The van der Waals surface area contributed by atoms with Crippen molar-refractivity contribution >= 4 is 17.5 Å². The summed E-state index contributed by atoms with van der Waals surface area (Å²) in [5, 5.41) is 9.12. The molecule has 0 aliphatic rings. The first-order chi connectivity index (χ1) is 16.2. The number of imidazole rings is 1. The first kappa shape index (κ1) is 21.0. The molecule has 2 aromatic carbocycles. The van der Waals surface area contributed by atoms with Gasteiger partial charge in [-0.05, 0) is 42.5 Å². The molecule has 0 unspecified atom stereocenters. The van der Waals surface area contributed by atoms with Gasteiger partial charge in [-0.15, -0.1) is 10.2 Å². The summed E-state index contributed by atoms with van der Waals surface area (Å²) in [5.41, 5.74) is 1.19. The van der Waals surface area contributed by atoms with Crippen LogP contribution in [-0.4, -0.2) is 36.2 Å². The highest BCUT2D eigenvalue weighted by molar-refractivity contribution is 7.98. The van der Waals surface area contributed by atoms with Crippen molar-refractivity contribution in [3.63, 3.8) is 0 Å². The third-order valence-corrected chi connectivity index (χ3v) is 5.82. The second-order valence-electron chi connectivity index (χ2n) is 7.00. The number of benzene rings is 2. The predicted molar refractivity (Wildman–Crippen MR) is 121 cm³/mol. The molecule has 166 valence electrons. The van der Waals surface area contributed by atoms with Gasteiger partial charge in [0.2, 0.25) is 5.78 Å². The minimum absolute atomic E-state index is 0.118. The van der Waals surface area contributed by atoms with Gasteiger partial charge >= 0.3 is 0 Å². The minimum atomic E-state index is -0.373. The first-order valence-electron chi connectivity index (χ1n) is 10.1. The number of fused-ring (bicyclic) bond motifs is 1. The van der Waals surface area contributed by atoms with Crippen LogP contribution in [0.15, 0.2) is 78.3 Å². The van der Waals surface area contributed by atoms with Crippen molar-refractivity contribution in [1.29, 1.82) is 0 Å². The molecule has 3 aromatic heterocycles. The molecule has 0 saturated carbocycles. The van der Waals surface area contributed by atoms with Gasteiger partial charge in [-0.3, -0.25) is 8.97 Å². The third kappa shape index (κ3) is 4.51. The maximum Gasteiger partial charge on any atom is 0.233 e. The highest BCUT2D eigenvalue weighted by atomic mass is 32.2. The third-order valence-electron chi connectivity index (χ3n) is 4.86. The van der Waals surface area contributed by atoms with Crippen LogP contribution >= 0.6 is 11.8 Å². The van der Waals surface area contributed by atoms with E-state index in [1.807, 2.05) is 35.0 Å². The average Bonchev–Trinajstić information content (AvgIpc) is 3.45. The van der Waals surface area contributed by atoms with Crippen molar-refractivity contribution in [1.82, 2.24) is 29.1 Å². The summed E-state index contributed by atoms with van der Waals surface area (Å²) < 4.78 is 29.3. The molecule has 0 saturated heterocycles. The Bertz CT molecular complexity index is 1350. The molecule has 3 heterocycles. The lowest BCUT2D eigenvalue weighted by Gasteiger charge is -2.12. The summed E-state index contributed by atoms with van der Waals surface area (Å²) in [6.45, 7) is 0.118. The van der Waals surface area contributed by atoms with Crippen molar-refractivity contribution in [3.8, 4) is 17.2 Å². The van der Waals surface area contributed by atoms with E-state index in [1.54, 1.807) is 48.2 Å². The molecule has 0 aliphatic carbocycles. The molecule has 0 amide bonds. The molecular weight excluding hydrogens is 443 g/mol. The fourth-order valence-electron chi connectivity index (χ4n) is 3.27. The molecule has 33 heavy (non-hydrogen) atoms. The highest BCUT2D eigenvalue weighted by Crippen LogP contribution is 2.27. The van der Waals surface area contributed by atoms with Gasteiger partial charge in [0.25, 0.3) is 0 Å². The zero-order valence-electron chi connectivity index (χ0n) is 17.6. The Morgan fingerprint density at radius 3 is 2.61 bits per heavy atom. The standard InChI is InChI=1S/C23H19FN6O2S/c1-31-17-7-9-18(10-8-17)32-14-21-27-28-23(30(21)20-6-3-2-5-19(20)24)33-15-16-13-29-12-4-11-25-22(29)26-16/h2-13H,14-15H2,1H3. The summed E-state index contributed by atoms with van der Waals surface area (Å²) >= 11 is 1.41. The highest BCUT2D eigenvalue weighted by Gasteiger charge is 2.18. The van der Waals surface area contributed by atoms with Gasteiger partial charge in [-0.1, -0.05) is 23.9 Å². The van der Waals surface area contributed by atoms with E-state index in [2.05, 4.69) is 20.2 Å². The zero-order valence-corrected chi connectivity index (χ0v) is 18.4. The second-order valence-corrected chi connectivity index (χ2v) is 7.94. The SMILES string of the molecule is COc1ccc(OCc2nnc(SCc3cn4cccnc4n3)n2-c2ccccc2F)cc1. The number of hydrogen-bond acceptors (Lipinski definition) is 7. The molecule has 0 spiro atoms. The number of ether oxygens (including phenoxy) is 2. The number of nitrogens with zero attached hydrogens (tertiary/aromatic N) is 6. The topological polar surface area (TPSA) is 79.4 Å². The van der Waals surface area contributed by atoms with Crippen LogP contribution in [0.2, 0.25) is 0 Å². The molecule has 5 rings (SSSR count). The Kier molecular flexibility index (Phi) is 5.90. The van der Waals surface area contributed by atoms with Crippen molar-refractivity contribution in [2.45, 2.75) is 17.5 Å². The van der Waals surface area contributed by atoms with Crippen molar-refractivity contribution in [2.75, 3.05) is 7.11 Å². The number of halogens is 1. The molecule has 0 aliphatic heterocycles. The fraction of sp³-hybridized carbons (Fsp3) is 0.130. The van der Waals surface area contributed by atoms with Gasteiger partial charge in [0.1, 0.15) is 23.9 Å². The smallest absolute Gasteiger partial charge is 0.233 e. The van der Waals surface area contributed by atoms with Gasteiger partial charge in [0, 0.05) is 24.3 Å². The van der Waals surface area contributed by atoms with Crippen LogP contribution in [0.25, 0.3) is 11.5 Å². The van der Waals surface area contributed by atoms with Crippen LogP contribution in [0.3, 0.4) is 0 Å². The van der Waals surface area contributed by atoms with Gasteiger partial charge in [0.05, 0.1) is 18.5 Å². The number of methoxy groups -OCH3 is 1. The minimum Gasteiger partial charge on any atom is -0.497 e. The van der Waals surface area contributed by atoms with Crippen molar-refractivity contribution < 1.29 is 13.9 Å². The van der Waals surface area contributed by atoms with E-state index < -0.39 is 0 Å². The van der Waals surface area contributed by atoms with E-state index in [4.69, 9.17) is 9.47 Å². The zero-order chi connectivity index (χ0) is 22.6. The van der Waals surface area contributed by atoms with Gasteiger partial charge in [0.15, 0.2) is 11.0 Å². The second kappa shape index (κ2) is 9.29. The largest absolute Gasteiger partial charge is 0.497 e. The number of rotatable bonds is 8. The Morgan fingerprint density at radius 1 is 1.00 bits per heavy atom. The molecule has 10 heteroatoms. The van der Waals surface area contributed by atoms with E-state index in [9.17, 15) is 4.39 Å². The monoisotopic (exact) mass is 462 g/mol. The van der Waals surface area contributed by atoms with Crippen LogP contribution in [0, 0.1) is 5.82 Å². The Balaban J connectivity index is 1.40. The molecule has 0 bridgehead atoms. The van der Waals surface area contributed by atoms with Crippen LogP contribution in [0.5, 0.6) is 11.5 Å². The van der Waals surface area contributed by atoms with Crippen LogP contribution in [0.4, 0.5) is 4.39 Å². The molecule has 0 radical (unpaired) electrons. The summed E-state index contributed by atoms with van der Waals surface area (Å²) in [7, 11) is 1.61. The Morgan fingerprint density at radius 2 is 1.82 bits per heavy atom. The predicted octanol–water partition coefficient (Wildman–Crippen LogP) is 4.33. The lowest BCUT2D eigenvalue weighted by atomic mass is 10.3. The Labute approximate surface area is 193 Å². The lowest BCUT2D eigenvalue weighted by molar-refractivity contribution is 0.292. The molecular formula is C23H19FN6O2S. The lowest BCUT2D eigenvalue weighted by Crippen LogP contribution is -2.08. The quantitative estimate of drug-likeness (QED) is 0.318. The number of thioether (sulfide) groups is 1. The molecule has 5 aromatic rings. The number of para-hydroxylation sites is 1. The number of aromatic nitrogens is 6. The van der Waals surface area contributed by atoms with Crippen molar-refractivity contribution in [3.05, 3.63) is 90.5 Å². The first-order valence-corrected chi connectivity index (χ1v) is 11.1.